The molecule has 0 radical (unpaired) electrons. The molecular formula is C15H14FNO3S. The summed E-state index contributed by atoms with van der Waals surface area (Å²) < 4.78 is 18.2. The van der Waals surface area contributed by atoms with Gasteiger partial charge in [0.05, 0.1) is 6.42 Å². The largest absolute Gasteiger partial charge is 0.455 e. The van der Waals surface area contributed by atoms with Crippen LogP contribution in [0.15, 0.2) is 35.0 Å². The number of anilines is 1. The van der Waals surface area contributed by atoms with Crippen molar-refractivity contribution in [3.8, 4) is 0 Å². The average molecular weight is 307 g/mol. The molecule has 1 aromatic carbocycles. The Kier molecular flexibility index (Phi) is 5.05. The van der Waals surface area contributed by atoms with E-state index < -0.39 is 24.3 Å². The van der Waals surface area contributed by atoms with Gasteiger partial charge in [-0.2, -0.15) is 11.3 Å². The summed E-state index contributed by atoms with van der Waals surface area (Å²) in [5.74, 6) is -1.38. The summed E-state index contributed by atoms with van der Waals surface area (Å²) in [5, 5.41) is 6.18. The molecule has 0 aliphatic rings. The quantitative estimate of drug-likeness (QED) is 0.864. The molecule has 1 amide bonds. The number of hydrogen-bond acceptors (Lipinski definition) is 4. The van der Waals surface area contributed by atoms with Crippen LogP contribution in [0.2, 0.25) is 0 Å². The number of esters is 1. The number of nitrogens with one attached hydrogen (secondary N) is 1. The van der Waals surface area contributed by atoms with Crippen LogP contribution in [-0.2, 0) is 20.7 Å². The van der Waals surface area contributed by atoms with E-state index in [1.54, 1.807) is 19.1 Å². The molecule has 0 aliphatic heterocycles. The van der Waals surface area contributed by atoms with E-state index in [0.717, 1.165) is 5.56 Å². The number of thiophene rings is 1. The zero-order valence-electron chi connectivity index (χ0n) is 11.4. The van der Waals surface area contributed by atoms with Crippen molar-refractivity contribution in [2.45, 2.75) is 13.3 Å². The molecule has 0 aliphatic carbocycles. The average Bonchev–Trinajstić information content (AvgIpc) is 2.93. The van der Waals surface area contributed by atoms with Crippen LogP contribution in [0.5, 0.6) is 0 Å². The minimum absolute atomic E-state index is 0.135. The number of aryl methyl sites for hydroxylation is 1. The highest BCUT2D eigenvalue weighted by Crippen LogP contribution is 2.13. The van der Waals surface area contributed by atoms with Crippen molar-refractivity contribution in [2.75, 3.05) is 11.9 Å². The molecule has 6 heteroatoms. The highest BCUT2D eigenvalue weighted by Gasteiger charge is 2.09. The normalized spacial score (nSPS) is 10.2. The van der Waals surface area contributed by atoms with Gasteiger partial charge < -0.3 is 10.1 Å². The standard InChI is InChI=1S/C15H14FNO3S/c1-10-2-3-12(7-13(10)16)17-14(18)8-20-15(19)6-11-4-5-21-9-11/h2-5,7,9H,6,8H2,1H3,(H,17,18). The maximum atomic E-state index is 13.3. The van der Waals surface area contributed by atoms with Crippen LogP contribution >= 0.6 is 11.3 Å². The van der Waals surface area contributed by atoms with Crippen molar-refractivity contribution in [1.82, 2.24) is 0 Å². The van der Waals surface area contributed by atoms with Gasteiger partial charge in [0.1, 0.15) is 5.82 Å². The Hall–Kier alpha value is -2.21. The Morgan fingerprint density at radius 3 is 2.81 bits per heavy atom. The number of rotatable bonds is 5. The summed E-state index contributed by atoms with van der Waals surface area (Å²) in [6.45, 7) is 1.24. The Morgan fingerprint density at radius 1 is 1.33 bits per heavy atom. The van der Waals surface area contributed by atoms with Crippen molar-refractivity contribution in [2.24, 2.45) is 0 Å². The number of benzene rings is 1. The van der Waals surface area contributed by atoms with E-state index in [-0.39, 0.29) is 6.42 Å². The maximum Gasteiger partial charge on any atom is 0.310 e. The molecule has 2 aromatic rings. The summed E-state index contributed by atoms with van der Waals surface area (Å²) in [7, 11) is 0. The fraction of sp³-hybridized carbons (Fsp3) is 0.200. The van der Waals surface area contributed by atoms with Crippen LogP contribution in [0.4, 0.5) is 10.1 Å². The van der Waals surface area contributed by atoms with Crippen molar-refractivity contribution >= 4 is 28.9 Å². The number of halogens is 1. The highest BCUT2D eigenvalue weighted by molar-refractivity contribution is 7.07. The van der Waals surface area contributed by atoms with E-state index in [4.69, 9.17) is 4.74 Å². The van der Waals surface area contributed by atoms with Gasteiger partial charge in [0.2, 0.25) is 0 Å². The summed E-state index contributed by atoms with van der Waals surface area (Å²) >= 11 is 1.49. The molecule has 0 unspecified atom stereocenters. The fourth-order valence-corrected chi connectivity index (χ4v) is 2.29. The number of carbonyl (C=O) groups excluding carboxylic acids is 2. The predicted molar refractivity (Wildman–Crippen MR) is 78.7 cm³/mol. The molecule has 0 atom stereocenters. The van der Waals surface area contributed by atoms with Gasteiger partial charge in [-0.3, -0.25) is 9.59 Å². The molecule has 1 N–H and O–H groups in total. The maximum absolute atomic E-state index is 13.3. The fourth-order valence-electron chi connectivity index (χ4n) is 1.62. The van der Waals surface area contributed by atoms with Crippen molar-refractivity contribution in [3.05, 3.63) is 52.0 Å². The molecule has 0 saturated heterocycles. The molecule has 4 nitrogen and oxygen atoms in total. The van der Waals surface area contributed by atoms with Crippen molar-refractivity contribution < 1.29 is 18.7 Å². The monoisotopic (exact) mass is 307 g/mol. The third kappa shape index (κ3) is 4.68. The summed E-state index contributed by atoms with van der Waals surface area (Å²) in [5.41, 5.74) is 1.68. The smallest absolute Gasteiger partial charge is 0.310 e. The molecule has 21 heavy (non-hydrogen) atoms. The van der Waals surface area contributed by atoms with E-state index in [9.17, 15) is 14.0 Å². The Labute approximate surface area is 125 Å². The minimum Gasteiger partial charge on any atom is -0.455 e. The molecule has 0 spiro atoms. The first-order valence-corrected chi connectivity index (χ1v) is 7.21. The molecule has 1 aromatic heterocycles. The minimum atomic E-state index is -0.503. The molecule has 110 valence electrons. The number of hydrogen-bond donors (Lipinski definition) is 1. The lowest BCUT2D eigenvalue weighted by Crippen LogP contribution is -2.21. The number of ether oxygens (including phenoxy) is 1. The molecule has 0 saturated carbocycles. The van der Waals surface area contributed by atoms with Crippen LogP contribution in [-0.4, -0.2) is 18.5 Å². The lowest BCUT2D eigenvalue weighted by atomic mass is 10.2. The second kappa shape index (κ2) is 6.99. The summed E-state index contributed by atoms with van der Waals surface area (Å²) in [4.78, 5) is 23.1. The summed E-state index contributed by atoms with van der Waals surface area (Å²) in [6.07, 6.45) is 0.135. The second-order valence-electron chi connectivity index (χ2n) is 4.48. The van der Waals surface area contributed by atoms with Crippen molar-refractivity contribution in [3.63, 3.8) is 0 Å². The van der Waals surface area contributed by atoms with Gasteiger partial charge >= 0.3 is 5.97 Å². The van der Waals surface area contributed by atoms with E-state index in [0.29, 0.717) is 11.3 Å². The molecule has 2 rings (SSSR count). The molecular weight excluding hydrogens is 293 g/mol. The van der Waals surface area contributed by atoms with Gasteiger partial charge in [0.25, 0.3) is 5.91 Å². The van der Waals surface area contributed by atoms with Gasteiger partial charge in [-0.1, -0.05) is 6.07 Å². The lowest BCUT2D eigenvalue weighted by Gasteiger charge is -2.07. The highest BCUT2D eigenvalue weighted by atomic mass is 32.1. The van der Waals surface area contributed by atoms with Crippen LogP contribution in [0.25, 0.3) is 0 Å². The Bertz CT molecular complexity index is 640. The van der Waals surface area contributed by atoms with Gasteiger partial charge in [-0.05, 0) is 47.0 Å². The molecule has 0 fully saturated rings. The first-order valence-electron chi connectivity index (χ1n) is 6.27. The SMILES string of the molecule is Cc1ccc(NC(=O)COC(=O)Cc2ccsc2)cc1F. The topological polar surface area (TPSA) is 55.4 Å². The van der Waals surface area contributed by atoms with Gasteiger partial charge in [-0.15, -0.1) is 0 Å². The van der Waals surface area contributed by atoms with Gasteiger partial charge in [0, 0.05) is 5.69 Å². The van der Waals surface area contributed by atoms with Crippen LogP contribution in [0.1, 0.15) is 11.1 Å². The summed E-state index contributed by atoms with van der Waals surface area (Å²) in [6, 6.07) is 6.19. The zero-order valence-corrected chi connectivity index (χ0v) is 12.2. The van der Waals surface area contributed by atoms with E-state index in [2.05, 4.69) is 5.32 Å². The Morgan fingerprint density at radius 2 is 2.14 bits per heavy atom. The Balaban J connectivity index is 1.79. The molecule has 0 bridgehead atoms. The van der Waals surface area contributed by atoms with Crippen LogP contribution in [0, 0.1) is 12.7 Å². The van der Waals surface area contributed by atoms with Gasteiger partial charge in [0.15, 0.2) is 6.61 Å². The number of carbonyl (C=O) groups is 2. The second-order valence-corrected chi connectivity index (χ2v) is 5.26. The third-order valence-electron chi connectivity index (χ3n) is 2.75. The predicted octanol–water partition coefficient (Wildman–Crippen LogP) is 2.92. The van der Waals surface area contributed by atoms with Gasteiger partial charge in [-0.25, -0.2) is 4.39 Å². The molecule has 1 heterocycles. The van der Waals surface area contributed by atoms with Crippen LogP contribution < -0.4 is 5.32 Å². The third-order valence-corrected chi connectivity index (χ3v) is 3.48. The van der Waals surface area contributed by atoms with E-state index in [1.807, 2.05) is 16.8 Å². The lowest BCUT2D eigenvalue weighted by molar-refractivity contribution is -0.146. The van der Waals surface area contributed by atoms with E-state index >= 15 is 0 Å². The first-order chi connectivity index (χ1) is 10.0. The zero-order chi connectivity index (χ0) is 15.2. The number of amides is 1. The first kappa shape index (κ1) is 15.2. The van der Waals surface area contributed by atoms with E-state index in [1.165, 1.54) is 17.4 Å². The van der Waals surface area contributed by atoms with Crippen LogP contribution in [0.3, 0.4) is 0 Å². The van der Waals surface area contributed by atoms with Crippen molar-refractivity contribution in [1.29, 1.82) is 0 Å².